The lowest BCUT2D eigenvalue weighted by Crippen LogP contribution is -2.29. The molecule has 0 N–H and O–H groups in total. The van der Waals surface area contributed by atoms with Crippen LogP contribution in [0, 0.1) is 0 Å². The van der Waals surface area contributed by atoms with E-state index >= 15 is 0 Å². The minimum Gasteiger partial charge on any atom is -0.228 e. The van der Waals surface area contributed by atoms with E-state index in [1.54, 1.807) is 0 Å². The van der Waals surface area contributed by atoms with Crippen LogP contribution in [-0.2, 0) is 10.8 Å². The van der Waals surface area contributed by atoms with Gasteiger partial charge in [0.15, 0.2) is 5.82 Å². The molecule has 1 heterocycles. The second-order valence-electron chi connectivity index (χ2n) is 13.3. The highest BCUT2D eigenvalue weighted by molar-refractivity contribution is 6.13. The van der Waals surface area contributed by atoms with Crippen LogP contribution in [-0.4, -0.2) is 9.97 Å². The molecule has 9 rings (SSSR count). The number of benzene rings is 6. The van der Waals surface area contributed by atoms with Gasteiger partial charge in [0, 0.05) is 22.1 Å². The summed E-state index contributed by atoms with van der Waals surface area (Å²) in [6.45, 7) is 4.78. The van der Waals surface area contributed by atoms with Crippen LogP contribution in [0.5, 0.6) is 0 Å². The maximum Gasteiger partial charge on any atom is 0.160 e. The molecule has 0 atom stereocenters. The normalized spacial score (nSPS) is 15.1. The molecular formula is C46H34N2. The molecule has 6 aromatic carbocycles. The van der Waals surface area contributed by atoms with Gasteiger partial charge in [0.1, 0.15) is 0 Å². The number of hydrogen-bond acceptors (Lipinski definition) is 2. The fourth-order valence-corrected chi connectivity index (χ4v) is 8.44. The van der Waals surface area contributed by atoms with Gasteiger partial charge in [0.05, 0.1) is 16.8 Å². The predicted octanol–water partition coefficient (Wildman–Crippen LogP) is 11.0. The van der Waals surface area contributed by atoms with Gasteiger partial charge in [0.25, 0.3) is 0 Å². The minimum absolute atomic E-state index is 0.318. The van der Waals surface area contributed by atoms with Gasteiger partial charge in [-0.2, -0.15) is 0 Å². The van der Waals surface area contributed by atoms with Gasteiger partial charge < -0.3 is 0 Å². The van der Waals surface area contributed by atoms with E-state index in [1.807, 2.05) is 12.1 Å². The first kappa shape index (κ1) is 28.4. The molecule has 2 nitrogen and oxygen atoms in total. The molecule has 0 aliphatic heterocycles. The van der Waals surface area contributed by atoms with Crippen molar-refractivity contribution in [1.82, 2.24) is 9.97 Å². The zero-order valence-corrected chi connectivity index (χ0v) is 27.1. The van der Waals surface area contributed by atoms with Crippen molar-refractivity contribution in [3.8, 4) is 33.9 Å². The topological polar surface area (TPSA) is 25.8 Å². The molecule has 2 heteroatoms. The molecule has 0 spiro atoms. The number of hydrogen-bond donors (Lipinski definition) is 0. The predicted molar refractivity (Wildman–Crippen MR) is 197 cm³/mol. The van der Waals surface area contributed by atoms with Crippen LogP contribution in [0.15, 0.2) is 170 Å². The molecule has 2 aliphatic carbocycles. The first-order valence-corrected chi connectivity index (χ1v) is 16.7. The molecule has 7 aromatic rings. The smallest absolute Gasteiger partial charge is 0.160 e. The Kier molecular flexibility index (Phi) is 6.42. The third-order valence-corrected chi connectivity index (χ3v) is 10.3. The highest BCUT2D eigenvalue weighted by Gasteiger charge is 2.55. The summed E-state index contributed by atoms with van der Waals surface area (Å²) in [5.41, 5.74) is 14.8. The number of nitrogens with zero attached hydrogens (tertiary/aromatic N) is 2. The van der Waals surface area contributed by atoms with Gasteiger partial charge in [-0.25, -0.2) is 9.97 Å². The molecule has 0 bridgehead atoms. The standard InChI is InChI=1S/C46H34N2/c1-45(2)41-36(27-17-28-37(41)44-47-39(31-18-7-3-8-19-31)30-40(48-44)32-20-9-4-10-21-32)43-42(45)35-26-15-16-29-38(35)46(43,33-22-11-5-12-23-33)34-24-13-6-14-25-34/h3-30H,1-2H3. The van der Waals surface area contributed by atoms with E-state index in [-0.39, 0.29) is 5.41 Å². The highest BCUT2D eigenvalue weighted by atomic mass is 14.9. The summed E-state index contributed by atoms with van der Waals surface area (Å²) >= 11 is 0. The minimum atomic E-state index is -0.475. The number of aromatic nitrogens is 2. The fourth-order valence-electron chi connectivity index (χ4n) is 8.44. The van der Waals surface area contributed by atoms with E-state index in [2.05, 4.69) is 172 Å². The van der Waals surface area contributed by atoms with E-state index < -0.39 is 5.41 Å². The van der Waals surface area contributed by atoms with Gasteiger partial charge in [-0.3, -0.25) is 0 Å². The van der Waals surface area contributed by atoms with Gasteiger partial charge in [-0.1, -0.05) is 178 Å². The molecular weight excluding hydrogens is 581 g/mol. The van der Waals surface area contributed by atoms with E-state index in [1.165, 1.54) is 44.5 Å². The van der Waals surface area contributed by atoms with Crippen molar-refractivity contribution in [3.63, 3.8) is 0 Å². The van der Waals surface area contributed by atoms with Crippen molar-refractivity contribution in [2.24, 2.45) is 0 Å². The largest absolute Gasteiger partial charge is 0.228 e. The summed E-state index contributed by atoms with van der Waals surface area (Å²) in [7, 11) is 0. The van der Waals surface area contributed by atoms with E-state index in [4.69, 9.17) is 9.97 Å². The average molecular weight is 615 g/mol. The Bertz CT molecular complexity index is 2240. The Morgan fingerprint density at radius 2 is 0.875 bits per heavy atom. The average Bonchev–Trinajstić information content (AvgIpc) is 3.61. The van der Waals surface area contributed by atoms with Crippen molar-refractivity contribution in [1.29, 1.82) is 0 Å². The monoisotopic (exact) mass is 614 g/mol. The van der Waals surface area contributed by atoms with Crippen molar-refractivity contribution >= 4 is 11.1 Å². The van der Waals surface area contributed by atoms with Crippen LogP contribution in [0.3, 0.4) is 0 Å². The summed E-state index contributed by atoms with van der Waals surface area (Å²) in [6, 6.07) is 60.9. The van der Waals surface area contributed by atoms with Gasteiger partial charge in [-0.05, 0) is 50.6 Å². The lowest BCUT2D eigenvalue weighted by Gasteiger charge is -2.36. The summed E-state index contributed by atoms with van der Waals surface area (Å²) in [6.07, 6.45) is 0. The molecule has 0 saturated carbocycles. The van der Waals surface area contributed by atoms with Crippen LogP contribution in [0.1, 0.15) is 47.2 Å². The summed E-state index contributed by atoms with van der Waals surface area (Å²) in [5.74, 6) is 0.750. The van der Waals surface area contributed by atoms with Crippen molar-refractivity contribution in [2.45, 2.75) is 24.7 Å². The fraction of sp³-hybridized carbons (Fsp3) is 0.0870. The molecule has 228 valence electrons. The van der Waals surface area contributed by atoms with Crippen LogP contribution in [0.4, 0.5) is 0 Å². The van der Waals surface area contributed by atoms with Crippen LogP contribution in [0.25, 0.3) is 45.0 Å². The van der Waals surface area contributed by atoms with Crippen LogP contribution in [0.2, 0.25) is 0 Å². The molecule has 0 unspecified atom stereocenters. The van der Waals surface area contributed by atoms with E-state index in [9.17, 15) is 0 Å². The highest BCUT2D eigenvalue weighted by Crippen LogP contribution is 2.67. The number of allylic oxidation sites excluding steroid dienone is 2. The molecule has 0 saturated heterocycles. The van der Waals surface area contributed by atoms with Gasteiger partial charge in [-0.15, -0.1) is 0 Å². The van der Waals surface area contributed by atoms with E-state index in [0.717, 1.165) is 33.9 Å². The molecule has 0 fully saturated rings. The van der Waals surface area contributed by atoms with Crippen molar-refractivity contribution < 1.29 is 0 Å². The first-order chi connectivity index (χ1) is 23.6. The van der Waals surface area contributed by atoms with Crippen molar-refractivity contribution in [3.05, 3.63) is 203 Å². The summed E-state index contributed by atoms with van der Waals surface area (Å²) < 4.78 is 0. The second-order valence-corrected chi connectivity index (χ2v) is 13.3. The first-order valence-electron chi connectivity index (χ1n) is 16.7. The second kappa shape index (κ2) is 10.9. The Morgan fingerprint density at radius 3 is 1.44 bits per heavy atom. The maximum absolute atomic E-state index is 5.30. The lowest BCUT2D eigenvalue weighted by atomic mass is 9.65. The van der Waals surface area contributed by atoms with E-state index in [0.29, 0.717) is 0 Å². The Morgan fingerprint density at radius 1 is 0.417 bits per heavy atom. The maximum atomic E-state index is 5.30. The van der Waals surface area contributed by atoms with Crippen LogP contribution < -0.4 is 0 Å². The quantitative estimate of drug-likeness (QED) is 0.193. The lowest BCUT2D eigenvalue weighted by molar-refractivity contribution is 0.704. The molecule has 2 aliphatic rings. The number of rotatable bonds is 5. The summed E-state index contributed by atoms with van der Waals surface area (Å²) in [5, 5.41) is 0. The zero-order valence-electron chi connectivity index (χ0n) is 27.1. The Labute approximate surface area is 282 Å². The number of fused-ring (bicyclic) bond motifs is 4. The summed E-state index contributed by atoms with van der Waals surface area (Å²) in [4.78, 5) is 10.6. The Balaban J connectivity index is 1.35. The van der Waals surface area contributed by atoms with Crippen LogP contribution >= 0.6 is 0 Å². The zero-order chi connectivity index (χ0) is 32.3. The molecule has 0 radical (unpaired) electrons. The molecule has 48 heavy (non-hydrogen) atoms. The third-order valence-electron chi connectivity index (χ3n) is 10.3. The Hall–Kier alpha value is -5.86. The molecule has 0 amide bonds. The van der Waals surface area contributed by atoms with Crippen molar-refractivity contribution in [2.75, 3.05) is 0 Å². The van der Waals surface area contributed by atoms with Gasteiger partial charge >= 0.3 is 0 Å². The SMILES string of the molecule is CC1(C)C2=C(c3cccc(-c4nc(-c5ccccc5)cc(-c5ccccc5)n4)c31)C(c1ccccc1)(c1ccccc1)c1ccccc12. The van der Waals surface area contributed by atoms with Gasteiger partial charge in [0.2, 0.25) is 0 Å². The third kappa shape index (κ3) is 4.06. The molecule has 1 aromatic heterocycles.